The predicted molar refractivity (Wildman–Crippen MR) is 142 cm³/mol. The Hall–Kier alpha value is -3.96. The normalized spacial score (nSPS) is 18.3. The number of aromatic nitrogens is 4. The van der Waals surface area contributed by atoms with Crippen molar-refractivity contribution in [1.29, 1.82) is 0 Å². The largest absolute Gasteiger partial charge is 0.462 e. The fourth-order valence-corrected chi connectivity index (χ4v) is 4.76. The third-order valence-corrected chi connectivity index (χ3v) is 6.47. The van der Waals surface area contributed by atoms with Gasteiger partial charge < -0.3 is 24.3 Å². The fraction of sp³-hybridized carbons (Fsp3) is 0.519. The molecule has 3 aromatic rings. The Morgan fingerprint density at radius 3 is 2.74 bits per heavy atom. The lowest BCUT2D eigenvalue weighted by Gasteiger charge is -2.27. The van der Waals surface area contributed by atoms with Crippen LogP contribution in [0.1, 0.15) is 76.0 Å². The van der Waals surface area contributed by atoms with E-state index < -0.39 is 35.6 Å². The average Bonchev–Trinajstić information content (AvgIpc) is 3.45. The number of esters is 1. The van der Waals surface area contributed by atoms with Crippen LogP contribution in [0.4, 0.5) is 15.0 Å². The quantitative estimate of drug-likeness (QED) is 0.447. The van der Waals surface area contributed by atoms with Gasteiger partial charge in [0.25, 0.3) is 5.56 Å². The molecular weight excluding hydrogens is 507 g/mol. The van der Waals surface area contributed by atoms with Gasteiger partial charge in [0.1, 0.15) is 22.8 Å². The van der Waals surface area contributed by atoms with Crippen LogP contribution in [0.2, 0.25) is 0 Å². The number of amides is 1. The van der Waals surface area contributed by atoms with Gasteiger partial charge in [0.05, 0.1) is 24.9 Å². The van der Waals surface area contributed by atoms with Crippen LogP contribution >= 0.6 is 0 Å². The number of rotatable bonds is 7. The van der Waals surface area contributed by atoms with Crippen LogP contribution in [0.5, 0.6) is 0 Å². The molecule has 1 amide bonds. The summed E-state index contributed by atoms with van der Waals surface area (Å²) in [6, 6.07) is 2.05. The highest BCUT2D eigenvalue weighted by Crippen LogP contribution is 2.37. The molecule has 4 rings (SSSR count). The Bertz CT molecular complexity index is 1430. The molecule has 3 atom stereocenters. The molecule has 12 heteroatoms. The van der Waals surface area contributed by atoms with E-state index in [0.29, 0.717) is 30.0 Å². The molecule has 11 nitrogen and oxygen atoms in total. The lowest BCUT2D eigenvalue weighted by atomic mass is 10.0. The van der Waals surface area contributed by atoms with Crippen LogP contribution in [0.15, 0.2) is 35.5 Å². The number of hydrogen-bond acceptors (Lipinski definition) is 8. The van der Waals surface area contributed by atoms with Gasteiger partial charge in [0.15, 0.2) is 5.65 Å². The molecule has 1 saturated heterocycles. The van der Waals surface area contributed by atoms with Gasteiger partial charge in [0, 0.05) is 31.0 Å². The highest BCUT2D eigenvalue weighted by molar-refractivity contribution is 5.95. The van der Waals surface area contributed by atoms with E-state index in [9.17, 15) is 18.8 Å². The molecule has 1 N–H and O–H groups in total. The summed E-state index contributed by atoms with van der Waals surface area (Å²) in [7, 11) is 0. The number of pyridine rings is 1. The lowest BCUT2D eigenvalue weighted by molar-refractivity contribution is 0.0513. The highest BCUT2D eigenvalue weighted by atomic mass is 19.1. The van der Waals surface area contributed by atoms with Crippen LogP contribution in [0.3, 0.4) is 0 Å². The molecule has 1 aliphatic heterocycles. The Labute approximate surface area is 225 Å². The summed E-state index contributed by atoms with van der Waals surface area (Å²) in [4.78, 5) is 44.7. The third kappa shape index (κ3) is 6.21. The number of hydrogen-bond donors (Lipinski definition) is 1. The Morgan fingerprint density at radius 2 is 2.05 bits per heavy atom. The second kappa shape index (κ2) is 11.0. The molecule has 39 heavy (non-hydrogen) atoms. The van der Waals surface area contributed by atoms with Crippen molar-refractivity contribution in [1.82, 2.24) is 24.5 Å². The minimum atomic E-state index is -0.663. The molecule has 210 valence electrons. The zero-order valence-electron chi connectivity index (χ0n) is 23.1. The molecule has 0 spiro atoms. The van der Waals surface area contributed by atoms with Crippen LogP contribution < -0.4 is 15.8 Å². The van der Waals surface area contributed by atoms with E-state index in [4.69, 9.17) is 9.47 Å². The van der Waals surface area contributed by atoms with Crippen molar-refractivity contribution in [3.8, 4) is 0 Å². The second-order valence-corrected chi connectivity index (χ2v) is 10.9. The van der Waals surface area contributed by atoms with E-state index in [1.54, 1.807) is 46.9 Å². The van der Waals surface area contributed by atoms with Gasteiger partial charge in [-0.3, -0.25) is 4.79 Å². The Kier molecular flexibility index (Phi) is 7.94. The number of anilines is 1. The van der Waals surface area contributed by atoms with Gasteiger partial charge >= 0.3 is 12.1 Å². The van der Waals surface area contributed by atoms with Gasteiger partial charge in [0.2, 0.25) is 0 Å². The summed E-state index contributed by atoms with van der Waals surface area (Å²) < 4.78 is 28.1. The van der Waals surface area contributed by atoms with Gasteiger partial charge in [-0.05, 0) is 59.1 Å². The first kappa shape index (κ1) is 28.1. The average molecular weight is 543 g/mol. The number of alkyl carbamates (subject to hydrolysis) is 1. The molecule has 1 aliphatic rings. The standard InChI is InChI=1S/C27H35FN6O5/c1-7-38-25(36)20-13-30-34-9-8-22(31-23(20)34)33-14-16(2)10-21(33)19-11-18(28)15-32(24(19)35)17(3)12-29-26(37)39-27(4,5)6/h8-9,11,13,15-17,21H,7,10,12,14H2,1-6H3,(H,29,37). The van der Waals surface area contributed by atoms with Crippen LogP contribution in [0, 0.1) is 11.7 Å². The maximum absolute atomic E-state index is 14.9. The molecule has 3 aromatic heterocycles. The number of carbonyl (C=O) groups excluding carboxylic acids is 2. The molecular formula is C27H35FN6O5. The van der Waals surface area contributed by atoms with E-state index >= 15 is 0 Å². The van der Waals surface area contributed by atoms with Crippen LogP contribution in [0.25, 0.3) is 5.65 Å². The lowest BCUT2D eigenvalue weighted by Crippen LogP contribution is -2.38. The SMILES string of the molecule is CCOC(=O)c1cnn2ccc(N3CC(C)CC3c3cc(F)cn(C(C)CNC(=O)OC(C)(C)C)c3=O)nc12. The number of nitrogens with zero attached hydrogens (tertiary/aromatic N) is 5. The third-order valence-electron chi connectivity index (χ3n) is 6.47. The molecule has 0 aromatic carbocycles. The van der Waals surface area contributed by atoms with Crippen molar-refractivity contribution in [2.75, 3.05) is 24.6 Å². The van der Waals surface area contributed by atoms with Crippen molar-refractivity contribution in [3.63, 3.8) is 0 Å². The number of halogens is 1. The van der Waals surface area contributed by atoms with Crippen molar-refractivity contribution in [2.24, 2.45) is 5.92 Å². The summed E-state index contributed by atoms with van der Waals surface area (Å²) in [6.45, 7) is 11.7. The maximum Gasteiger partial charge on any atom is 0.407 e. The van der Waals surface area contributed by atoms with E-state index in [1.807, 2.05) is 4.90 Å². The first-order valence-electron chi connectivity index (χ1n) is 13.0. The zero-order valence-corrected chi connectivity index (χ0v) is 23.1. The van der Waals surface area contributed by atoms with Crippen molar-refractivity contribution in [3.05, 3.63) is 58.0 Å². The van der Waals surface area contributed by atoms with E-state index in [-0.39, 0.29) is 30.2 Å². The van der Waals surface area contributed by atoms with Gasteiger partial charge in [-0.2, -0.15) is 5.10 Å². The van der Waals surface area contributed by atoms with E-state index in [2.05, 4.69) is 22.3 Å². The van der Waals surface area contributed by atoms with Gasteiger partial charge in [-0.15, -0.1) is 0 Å². The molecule has 4 heterocycles. The summed E-state index contributed by atoms with van der Waals surface area (Å²) in [5.74, 6) is -0.343. The van der Waals surface area contributed by atoms with Crippen LogP contribution in [-0.2, 0) is 9.47 Å². The predicted octanol–water partition coefficient (Wildman–Crippen LogP) is 3.88. The Balaban J connectivity index is 1.64. The number of ether oxygens (including phenoxy) is 2. The Morgan fingerprint density at radius 1 is 1.31 bits per heavy atom. The smallest absolute Gasteiger partial charge is 0.407 e. The molecule has 0 radical (unpaired) electrons. The molecule has 1 fully saturated rings. The summed E-state index contributed by atoms with van der Waals surface area (Å²) >= 11 is 0. The minimum absolute atomic E-state index is 0.0819. The van der Waals surface area contributed by atoms with Crippen molar-refractivity contribution in [2.45, 2.75) is 65.6 Å². The first-order valence-corrected chi connectivity index (χ1v) is 13.0. The van der Waals surface area contributed by atoms with Crippen LogP contribution in [-0.4, -0.2) is 56.5 Å². The molecule has 0 aliphatic carbocycles. The topological polar surface area (TPSA) is 120 Å². The van der Waals surface area contributed by atoms with Gasteiger partial charge in [-0.25, -0.2) is 23.5 Å². The molecule has 0 saturated carbocycles. The second-order valence-electron chi connectivity index (χ2n) is 10.9. The minimum Gasteiger partial charge on any atom is -0.462 e. The molecule has 3 unspecified atom stereocenters. The fourth-order valence-electron chi connectivity index (χ4n) is 4.76. The summed E-state index contributed by atoms with van der Waals surface area (Å²) in [5.41, 5.74) is -0.144. The van der Waals surface area contributed by atoms with E-state index in [1.165, 1.54) is 21.3 Å². The van der Waals surface area contributed by atoms with Crippen molar-refractivity contribution < 1.29 is 23.5 Å². The van der Waals surface area contributed by atoms with Crippen molar-refractivity contribution >= 4 is 23.5 Å². The monoisotopic (exact) mass is 542 g/mol. The first-order chi connectivity index (χ1) is 18.4. The highest BCUT2D eigenvalue weighted by Gasteiger charge is 2.35. The van der Waals surface area contributed by atoms with E-state index in [0.717, 1.165) is 6.20 Å². The van der Waals surface area contributed by atoms with Gasteiger partial charge in [-0.1, -0.05) is 6.92 Å². The maximum atomic E-state index is 14.9. The molecule has 0 bridgehead atoms. The summed E-state index contributed by atoms with van der Waals surface area (Å²) in [6.07, 6.45) is 4.25. The zero-order chi connectivity index (χ0) is 28.5. The number of nitrogens with one attached hydrogen (secondary N) is 1. The summed E-state index contributed by atoms with van der Waals surface area (Å²) in [5, 5.41) is 6.82. The number of fused-ring (bicyclic) bond motifs is 1. The number of carbonyl (C=O) groups is 2.